The largest absolute Gasteiger partial charge is 0.493 e. The summed E-state index contributed by atoms with van der Waals surface area (Å²) in [5, 5.41) is 0. The van der Waals surface area contributed by atoms with Crippen molar-refractivity contribution in [2.45, 2.75) is 58.4 Å². The minimum Gasteiger partial charge on any atom is -0.493 e. The van der Waals surface area contributed by atoms with E-state index in [2.05, 4.69) is 39.0 Å². The quantitative estimate of drug-likeness (QED) is 0.869. The Labute approximate surface area is 117 Å². The van der Waals surface area contributed by atoms with Gasteiger partial charge in [-0.25, -0.2) is 0 Å². The van der Waals surface area contributed by atoms with Crippen molar-refractivity contribution in [3.8, 4) is 5.75 Å². The Morgan fingerprint density at radius 3 is 2.74 bits per heavy atom. The lowest BCUT2D eigenvalue weighted by Gasteiger charge is -2.17. The molecule has 0 bridgehead atoms. The molecule has 1 aliphatic carbocycles. The van der Waals surface area contributed by atoms with Crippen molar-refractivity contribution < 1.29 is 4.74 Å². The molecule has 2 atom stereocenters. The van der Waals surface area contributed by atoms with Crippen LogP contribution in [0.3, 0.4) is 0 Å². The summed E-state index contributed by atoms with van der Waals surface area (Å²) in [5.74, 6) is 2.25. The Bertz CT molecular complexity index is 414. The first-order valence-corrected chi connectivity index (χ1v) is 7.57. The minimum absolute atomic E-state index is 0.395. The molecule has 2 rings (SSSR count). The van der Waals surface area contributed by atoms with Crippen molar-refractivity contribution in [3.63, 3.8) is 0 Å². The van der Waals surface area contributed by atoms with Crippen LogP contribution in [-0.2, 0) is 0 Å². The topological polar surface area (TPSA) is 35.2 Å². The number of nitrogens with two attached hydrogens (primary N) is 1. The van der Waals surface area contributed by atoms with E-state index in [0.717, 1.165) is 18.8 Å². The summed E-state index contributed by atoms with van der Waals surface area (Å²) in [5.41, 5.74) is 8.66. The molecular weight excluding hydrogens is 234 g/mol. The second-order valence-corrected chi connectivity index (χ2v) is 6.17. The number of hydrogen-bond donors (Lipinski definition) is 1. The smallest absolute Gasteiger partial charge is 0.122 e. The molecule has 2 nitrogen and oxygen atoms in total. The SMILES string of the molecule is Cc1ccc(C(C)C)cc1OCCC1CCCC1N. The molecule has 0 saturated heterocycles. The van der Waals surface area contributed by atoms with Crippen molar-refractivity contribution >= 4 is 0 Å². The van der Waals surface area contributed by atoms with Crippen LogP contribution in [0.4, 0.5) is 0 Å². The number of aryl methyl sites for hydroxylation is 1. The van der Waals surface area contributed by atoms with Gasteiger partial charge in [0.1, 0.15) is 5.75 Å². The van der Waals surface area contributed by atoms with E-state index >= 15 is 0 Å². The Kier molecular flexibility index (Phi) is 4.87. The molecule has 0 radical (unpaired) electrons. The summed E-state index contributed by atoms with van der Waals surface area (Å²) in [6.45, 7) is 7.33. The third kappa shape index (κ3) is 3.73. The van der Waals surface area contributed by atoms with Crippen molar-refractivity contribution in [1.82, 2.24) is 0 Å². The highest BCUT2D eigenvalue weighted by Gasteiger charge is 2.23. The lowest BCUT2D eigenvalue weighted by atomic mass is 10.0. The molecule has 0 aromatic heterocycles. The standard InChI is InChI=1S/C17H27NO/c1-12(2)15-8-7-13(3)17(11-15)19-10-9-14-5-4-6-16(14)18/h7-8,11-12,14,16H,4-6,9-10,18H2,1-3H3. The highest BCUT2D eigenvalue weighted by atomic mass is 16.5. The molecule has 19 heavy (non-hydrogen) atoms. The van der Waals surface area contributed by atoms with E-state index in [1.54, 1.807) is 0 Å². The predicted octanol–water partition coefficient (Wildman–Crippen LogP) is 4.01. The number of hydrogen-bond acceptors (Lipinski definition) is 2. The van der Waals surface area contributed by atoms with Crippen LogP contribution in [0.1, 0.15) is 56.6 Å². The summed E-state index contributed by atoms with van der Waals surface area (Å²) in [4.78, 5) is 0. The van der Waals surface area contributed by atoms with Crippen LogP contribution >= 0.6 is 0 Å². The molecule has 0 aliphatic heterocycles. The second kappa shape index (κ2) is 6.42. The predicted molar refractivity (Wildman–Crippen MR) is 80.7 cm³/mol. The molecule has 2 unspecified atom stereocenters. The van der Waals surface area contributed by atoms with Crippen LogP contribution in [0.25, 0.3) is 0 Å². The molecule has 0 amide bonds. The first kappa shape index (κ1) is 14.4. The van der Waals surface area contributed by atoms with Gasteiger partial charge in [0.15, 0.2) is 0 Å². The maximum Gasteiger partial charge on any atom is 0.122 e. The first-order valence-electron chi connectivity index (χ1n) is 7.57. The van der Waals surface area contributed by atoms with Gasteiger partial charge in [-0.1, -0.05) is 32.4 Å². The molecular formula is C17H27NO. The fourth-order valence-corrected chi connectivity index (χ4v) is 2.88. The normalized spacial score (nSPS) is 23.0. The first-order chi connectivity index (χ1) is 9.08. The molecule has 1 fully saturated rings. The molecule has 0 heterocycles. The van der Waals surface area contributed by atoms with E-state index in [4.69, 9.17) is 10.5 Å². The fourth-order valence-electron chi connectivity index (χ4n) is 2.88. The highest BCUT2D eigenvalue weighted by Crippen LogP contribution is 2.28. The molecule has 106 valence electrons. The van der Waals surface area contributed by atoms with Crippen LogP contribution < -0.4 is 10.5 Å². The lowest BCUT2D eigenvalue weighted by Crippen LogP contribution is -2.25. The number of ether oxygens (including phenoxy) is 1. The van der Waals surface area contributed by atoms with Crippen molar-refractivity contribution in [1.29, 1.82) is 0 Å². The van der Waals surface area contributed by atoms with Gasteiger partial charge in [0.25, 0.3) is 0 Å². The molecule has 0 spiro atoms. The van der Waals surface area contributed by atoms with E-state index in [0.29, 0.717) is 17.9 Å². The third-order valence-electron chi connectivity index (χ3n) is 4.34. The Hall–Kier alpha value is -1.02. The molecule has 2 heteroatoms. The average Bonchev–Trinajstić information content (AvgIpc) is 2.77. The zero-order valence-corrected chi connectivity index (χ0v) is 12.5. The van der Waals surface area contributed by atoms with Crippen molar-refractivity contribution in [2.75, 3.05) is 6.61 Å². The second-order valence-electron chi connectivity index (χ2n) is 6.17. The summed E-state index contributed by atoms with van der Waals surface area (Å²) in [6, 6.07) is 6.94. The maximum absolute atomic E-state index is 6.10. The maximum atomic E-state index is 6.10. The number of benzene rings is 1. The van der Waals surface area contributed by atoms with Crippen LogP contribution in [0.2, 0.25) is 0 Å². The fraction of sp³-hybridized carbons (Fsp3) is 0.647. The summed E-state index contributed by atoms with van der Waals surface area (Å²) in [7, 11) is 0. The van der Waals surface area contributed by atoms with E-state index in [1.807, 2.05) is 0 Å². The summed E-state index contributed by atoms with van der Waals surface area (Å²) >= 11 is 0. The highest BCUT2D eigenvalue weighted by molar-refractivity contribution is 5.37. The van der Waals surface area contributed by atoms with Crippen LogP contribution in [0.15, 0.2) is 18.2 Å². The van der Waals surface area contributed by atoms with Crippen LogP contribution in [-0.4, -0.2) is 12.6 Å². The van der Waals surface area contributed by atoms with Crippen LogP contribution in [0.5, 0.6) is 5.75 Å². The van der Waals surface area contributed by atoms with Gasteiger partial charge in [-0.15, -0.1) is 0 Å². The van der Waals surface area contributed by atoms with E-state index in [-0.39, 0.29) is 0 Å². The van der Waals surface area contributed by atoms with Gasteiger partial charge in [-0.2, -0.15) is 0 Å². The Balaban J connectivity index is 1.90. The molecule has 1 aliphatic rings. The van der Waals surface area contributed by atoms with Gasteiger partial charge in [-0.3, -0.25) is 0 Å². The van der Waals surface area contributed by atoms with E-state index in [9.17, 15) is 0 Å². The summed E-state index contributed by atoms with van der Waals surface area (Å²) in [6.07, 6.45) is 4.84. The van der Waals surface area contributed by atoms with Crippen LogP contribution in [0, 0.1) is 12.8 Å². The molecule has 2 N–H and O–H groups in total. The minimum atomic E-state index is 0.395. The lowest BCUT2D eigenvalue weighted by molar-refractivity contribution is 0.269. The van der Waals surface area contributed by atoms with Crippen molar-refractivity contribution in [2.24, 2.45) is 11.7 Å². The van der Waals surface area contributed by atoms with Gasteiger partial charge in [0.2, 0.25) is 0 Å². The molecule has 1 saturated carbocycles. The van der Waals surface area contributed by atoms with E-state index in [1.165, 1.54) is 30.4 Å². The Morgan fingerprint density at radius 1 is 1.32 bits per heavy atom. The number of rotatable bonds is 5. The zero-order chi connectivity index (χ0) is 13.8. The van der Waals surface area contributed by atoms with Gasteiger partial charge < -0.3 is 10.5 Å². The van der Waals surface area contributed by atoms with Crippen molar-refractivity contribution in [3.05, 3.63) is 29.3 Å². The average molecular weight is 261 g/mol. The van der Waals surface area contributed by atoms with Gasteiger partial charge in [-0.05, 0) is 55.2 Å². The summed E-state index contributed by atoms with van der Waals surface area (Å²) < 4.78 is 5.98. The molecule has 1 aromatic carbocycles. The zero-order valence-electron chi connectivity index (χ0n) is 12.5. The molecule has 1 aromatic rings. The van der Waals surface area contributed by atoms with Gasteiger partial charge in [0.05, 0.1) is 6.61 Å². The van der Waals surface area contributed by atoms with Gasteiger partial charge in [0, 0.05) is 6.04 Å². The van der Waals surface area contributed by atoms with E-state index < -0.39 is 0 Å². The van der Waals surface area contributed by atoms with Gasteiger partial charge >= 0.3 is 0 Å². The monoisotopic (exact) mass is 261 g/mol. The third-order valence-corrected chi connectivity index (χ3v) is 4.34. The Morgan fingerprint density at radius 2 is 2.11 bits per heavy atom.